The fourth-order valence-corrected chi connectivity index (χ4v) is 8.67. The van der Waals surface area contributed by atoms with Crippen LogP contribution in [0.5, 0.6) is 0 Å². The molecule has 0 amide bonds. The zero-order chi connectivity index (χ0) is 25.6. The highest BCUT2D eigenvalue weighted by Crippen LogP contribution is 2.72. The Morgan fingerprint density at radius 2 is 1.54 bits per heavy atom. The highest BCUT2D eigenvalue weighted by Gasteiger charge is 2.74. The standard InChI is InChI=1S/C30H34N4O/c1-26(2,3)35-23-10-9-21-18-7-8-20-24(19(18)11-12-28(21,23)6)22-13-27(4,5)25(20)30(16-33,17-34)29(22,14-31)15-32/h7-8,11-12,18-19,21-23,25H,9-10,13H2,1-6H3/t18-,19-,21+,22-,23+,25-,28+/m1/s1. The second-order valence-electron chi connectivity index (χ2n) is 13.2. The molecule has 0 spiro atoms. The van der Waals surface area contributed by atoms with Crippen molar-refractivity contribution in [3.8, 4) is 24.3 Å². The van der Waals surface area contributed by atoms with Crippen molar-refractivity contribution in [3.05, 3.63) is 35.5 Å². The van der Waals surface area contributed by atoms with Crippen LogP contribution in [0.4, 0.5) is 0 Å². The first-order chi connectivity index (χ1) is 16.4. The maximum atomic E-state index is 10.4. The van der Waals surface area contributed by atoms with E-state index in [1.54, 1.807) is 0 Å². The molecule has 0 radical (unpaired) electrons. The van der Waals surface area contributed by atoms with Gasteiger partial charge in [-0.15, -0.1) is 0 Å². The van der Waals surface area contributed by atoms with Crippen LogP contribution in [0.15, 0.2) is 35.5 Å². The zero-order valence-corrected chi connectivity index (χ0v) is 21.6. The van der Waals surface area contributed by atoms with E-state index < -0.39 is 22.7 Å². The van der Waals surface area contributed by atoms with Gasteiger partial charge in [0.1, 0.15) is 0 Å². The van der Waals surface area contributed by atoms with E-state index >= 15 is 0 Å². The van der Waals surface area contributed by atoms with Crippen molar-refractivity contribution in [3.63, 3.8) is 0 Å². The van der Waals surface area contributed by atoms with E-state index in [9.17, 15) is 21.0 Å². The third-order valence-electron chi connectivity index (χ3n) is 9.94. The van der Waals surface area contributed by atoms with Gasteiger partial charge in [-0.1, -0.05) is 50.6 Å². The Hall–Kier alpha value is -2.86. The van der Waals surface area contributed by atoms with Crippen molar-refractivity contribution in [1.29, 1.82) is 21.0 Å². The van der Waals surface area contributed by atoms with Gasteiger partial charge in [0.15, 0.2) is 10.8 Å². The van der Waals surface area contributed by atoms with E-state index in [1.165, 1.54) is 0 Å². The molecule has 0 aromatic rings. The van der Waals surface area contributed by atoms with Gasteiger partial charge in [-0.25, -0.2) is 0 Å². The summed E-state index contributed by atoms with van der Waals surface area (Å²) in [4.78, 5) is 0. The number of nitrogens with zero attached hydrogens (tertiary/aromatic N) is 4. The number of rotatable bonds is 1. The number of nitriles is 4. The summed E-state index contributed by atoms with van der Waals surface area (Å²) in [6.45, 7) is 12.8. The summed E-state index contributed by atoms with van der Waals surface area (Å²) in [5.41, 5.74) is -1.87. The maximum Gasteiger partial charge on any atom is 0.183 e. The summed E-state index contributed by atoms with van der Waals surface area (Å²) in [6, 6.07) is 8.90. The third kappa shape index (κ3) is 2.75. The molecule has 0 unspecified atom stereocenters. The molecule has 2 bridgehead atoms. The van der Waals surface area contributed by atoms with E-state index in [2.05, 4.69) is 90.1 Å². The van der Waals surface area contributed by atoms with Crippen LogP contribution in [0.1, 0.15) is 60.8 Å². The number of hydrogen-bond acceptors (Lipinski definition) is 5. The van der Waals surface area contributed by atoms with E-state index in [4.69, 9.17) is 4.74 Å². The Morgan fingerprint density at radius 1 is 0.914 bits per heavy atom. The number of hydrogen-bond donors (Lipinski definition) is 0. The first-order valence-electron chi connectivity index (χ1n) is 12.8. The molecule has 0 saturated heterocycles. The van der Waals surface area contributed by atoms with Gasteiger partial charge in [0.25, 0.3) is 0 Å². The predicted molar refractivity (Wildman–Crippen MR) is 130 cm³/mol. The molecule has 2 fully saturated rings. The first-order valence-corrected chi connectivity index (χ1v) is 12.8. The molecule has 35 heavy (non-hydrogen) atoms. The number of fused-ring (bicyclic) bond motifs is 5. The molecule has 6 rings (SSSR count). The van der Waals surface area contributed by atoms with Crippen LogP contribution in [0.3, 0.4) is 0 Å². The Labute approximate surface area is 209 Å². The number of allylic oxidation sites excluding steroid dienone is 5. The first kappa shape index (κ1) is 23.9. The summed E-state index contributed by atoms with van der Waals surface area (Å²) in [5, 5.41) is 41.5. The fourth-order valence-electron chi connectivity index (χ4n) is 8.67. The summed E-state index contributed by atoms with van der Waals surface area (Å²) in [6.07, 6.45) is 11.9. The van der Waals surface area contributed by atoms with Gasteiger partial charge in [0.2, 0.25) is 0 Å². The maximum absolute atomic E-state index is 10.4. The third-order valence-corrected chi connectivity index (χ3v) is 9.94. The van der Waals surface area contributed by atoms with Crippen LogP contribution in [0.25, 0.3) is 0 Å². The minimum absolute atomic E-state index is 0.0750. The van der Waals surface area contributed by atoms with Crippen LogP contribution in [-0.2, 0) is 4.74 Å². The average molecular weight is 467 g/mol. The van der Waals surface area contributed by atoms with Gasteiger partial charge in [-0.2, -0.15) is 21.0 Å². The second-order valence-corrected chi connectivity index (χ2v) is 13.2. The SMILES string of the molecule is CC(C)(C)O[C@H]1CC[C@H]2[C@@H]3C=CC4=C([C@H]5CC(C)(C)[C@@H]4C(C#N)(C#N)C5(C#N)C#N)[C@@H]3C=C[C@]12C. The van der Waals surface area contributed by atoms with Crippen LogP contribution < -0.4 is 0 Å². The number of ether oxygens (including phenoxy) is 1. The minimum atomic E-state index is -1.69. The van der Waals surface area contributed by atoms with E-state index in [0.717, 1.165) is 24.0 Å². The molecule has 0 aromatic carbocycles. The Kier molecular flexibility index (Phi) is 4.84. The molecular formula is C30H34N4O. The highest BCUT2D eigenvalue weighted by molar-refractivity contribution is 5.57. The quantitative estimate of drug-likeness (QED) is 0.441. The topological polar surface area (TPSA) is 104 Å². The van der Waals surface area contributed by atoms with Gasteiger partial charge in [-0.3, -0.25) is 0 Å². The molecule has 7 atom stereocenters. The summed E-state index contributed by atoms with van der Waals surface area (Å²) in [7, 11) is 0. The summed E-state index contributed by atoms with van der Waals surface area (Å²) >= 11 is 0. The smallest absolute Gasteiger partial charge is 0.183 e. The van der Waals surface area contributed by atoms with Gasteiger partial charge in [0.05, 0.1) is 36.0 Å². The van der Waals surface area contributed by atoms with E-state index in [1.807, 2.05) is 0 Å². The molecule has 6 aliphatic carbocycles. The van der Waals surface area contributed by atoms with E-state index in [0.29, 0.717) is 12.3 Å². The fraction of sp³-hybridized carbons (Fsp3) is 0.667. The lowest BCUT2D eigenvalue weighted by molar-refractivity contribution is -0.100. The monoisotopic (exact) mass is 466 g/mol. The van der Waals surface area contributed by atoms with Crippen molar-refractivity contribution < 1.29 is 4.74 Å². The van der Waals surface area contributed by atoms with Crippen molar-refractivity contribution >= 4 is 0 Å². The van der Waals surface area contributed by atoms with Crippen molar-refractivity contribution in [2.75, 3.05) is 0 Å². The highest BCUT2D eigenvalue weighted by atomic mass is 16.5. The molecule has 0 N–H and O–H groups in total. The summed E-state index contributed by atoms with van der Waals surface area (Å²) < 4.78 is 6.51. The van der Waals surface area contributed by atoms with Gasteiger partial charge >= 0.3 is 0 Å². The Bertz CT molecular complexity index is 1210. The second kappa shape index (κ2) is 7.10. The van der Waals surface area contributed by atoms with Crippen LogP contribution in [-0.4, -0.2) is 11.7 Å². The Morgan fingerprint density at radius 3 is 2.11 bits per heavy atom. The molecule has 0 heterocycles. The predicted octanol–water partition coefficient (Wildman–Crippen LogP) is 6.00. The molecule has 180 valence electrons. The molecule has 0 aliphatic heterocycles. The zero-order valence-electron chi connectivity index (χ0n) is 21.6. The summed E-state index contributed by atoms with van der Waals surface area (Å²) in [5.74, 6) is -0.182. The molecule has 2 saturated carbocycles. The van der Waals surface area contributed by atoms with Crippen LogP contribution in [0.2, 0.25) is 0 Å². The van der Waals surface area contributed by atoms with Gasteiger partial charge in [0, 0.05) is 23.2 Å². The molecule has 5 nitrogen and oxygen atoms in total. The van der Waals surface area contributed by atoms with Crippen molar-refractivity contribution in [2.24, 2.45) is 51.2 Å². The van der Waals surface area contributed by atoms with Crippen LogP contribution >= 0.6 is 0 Å². The van der Waals surface area contributed by atoms with Gasteiger partial charge in [-0.05, 0) is 62.9 Å². The molecule has 5 heteroatoms. The van der Waals surface area contributed by atoms with Gasteiger partial charge < -0.3 is 4.74 Å². The van der Waals surface area contributed by atoms with Crippen LogP contribution in [0, 0.1) is 96.6 Å². The molecule has 6 aliphatic rings. The Balaban J connectivity index is 1.67. The lowest BCUT2D eigenvalue weighted by atomic mass is 9.35. The lowest BCUT2D eigenvalue weighted by Gasteiger charge is -2.62. The van der Waals surface area contributed by atoms with Crippen molar-refractivity contribution in [2.45, 2.75) is 72.5 Å². The largest absolute Gasteiger partial charge is 0.372 e. The lowest BCUT2D eigenvalue weighted by Crippen LogP contribution is -2.63. The average Bonchev–Trinajstić information content (AvgIpc) is 3.12. The molecule has 0 aromatic heterocycles. The minimum Gasteiger partial charge on any atom is -0.372 e. The molecular weight excluding hydrogens is 432 g/mol. The van der Waals surface area contributed by atoms with E-state index in [-0.39, 0.29) is 34.4 Å². The normalized spacial score (nSPS) is 41.0. The van der Waals surface area contributed by atoms with Crippen molar-refractivity contribution in [1.82, 2.24) is 0 Å².